The maximum Gasteiger partial charge on any atom is 0.337 e. The predicted molar refractivity (Wildman–Crippen MR) is 80.2 cm³/mol. The van der Waals surface area contributed by atoms with E-state index in [4.69, 9.17) is 16.7 Å². The highest BCUT2D eigenvalue weighted by atomic mass is 35.5. The van der Waals surface area contributed by atoms with Crippen LogP contribution < -0.4 is 0 Å². The van der Waals surface area contributed by atoms with Crippen molar-refractivity contribution in [3.8, 4) is 0 Å². The highest BCUT2D eigenvalue weighted by Crippen LogP contribution is 2.33. The van der Waals surface area contributed by atoms with Crippen molar-refractivity contribution in [1.29, 1.82) is 0 Å². The highest BCUT2D eigenvalue weighted by Gasteiger charge is 2.38. The molecule has 116 valence electrons. The molecule has 0 aliphatic heterocycles. The average molecular weight is 332 g/mol. The van der Waals surface area contributed by atoms with Crippen LogP contribution in [0.1, 0.15) is 37.0 Å². The number of carboxylic acids is 1. The molecule has 1 N–H and O–H groups in total. The Labute approximate surface area is 129 Å². The van der Waals surface area contributed by atoms with Gasteiger partial charge < -0.3 is 5.11 Å². The number of carbonyl (C=O) groups is 1. The molecular weight excluding hydrogens is 314 g/mol. The molecule has 0 unspecified atom stereocenters. The number of rotatable bonds is 6. The first-order valence-electron chi connectivity index (χ1n) is 6.78. The van der Waals surface area contributed by atoms with Crippen LogP contribution in [0.15, 0.2) is 23.1 Å². The lowest BCUT2D eigenvalue weighted by molar-refractivity contribution is 0.0697. The number of carboxylic acid groups (broad SMARTS) is 1. The van der Waals surface area contributed by atoms with Crippen molar-refractivity contribution in [3.05, 3.63) is 28.8 Å². The zero-order valence-electron chi connectivity index (χ0n) is 11.9. The largest absolute Gasteiger partial charge is 0.478 e. The van der Waals surface area contributed by atoms with E-state index in [1.54, 1.807) is 0 Å². The van der Waals surface area contributed by atoms with E-state index in [9.17, 15) is 13.2 Å². The topological polar surface area (TPSA) is 74.7 Å². The van der Waals surface area contributed by atoms with E-state index >= 15 is 0 Å². The SMILES string of the molecule is CC(C)CN(C1CC1)S(=O)(=O)c1ccc(C(=O)O)c(Cl)c1. The van der Waals surface area contributed by atoms with Crippen LogP contribution in [-0.2, 0) is 10.0 Å². The van der Waals surface area contributed by atoms with Crippen molar-refractivity contribution in [2.45, 2.75) is 37.6 Å². The van der Waals surface area contributed by atoms with Gasteiger partial charge >= 0.3 is 5.97 Å². The summed E-state index contributed by atoms with van der Waals surface area (Å²) < 4.78 is 26.9. The Morgan fingerprint density at radius 1 is 1.43 bits per heavy atom. The Morgan fingerprint density at radius 3 is 2.48 bits per heavy atom. The molecule has 0 amide bonds. The van der Waals surface area contributed by atoms with Crippen LogP contribution >= 0.6 is 11.6 Å². The summed E-state index contributed by atoms with van der Waals surface area (Å²) in [6, 6.07) is 3.81. The van der Waals surface area contributed by atoms with Gasteiger partial charge in [0, 0.05) is 12.6 Å². The molecule has 1 saturated carbocycles. The lowest BCUT2D eigenvalue weighted by atomic mass is 10.2. The first-order valence-corrected chi connectivity index (χ1v) is 8.60. The summed E-state index contributed by atoms with van der Waals surface area (Å²) in [6.45, 7) is 4.38. The number of halogens is 1. The Bertz CT molecular complexity index is 653. The minimum Gasteiger partial charge on any atom is -0.478 e. The molecule has 5 nitrogen and oxygen atoms in total. The van der Waals surface area contributed by atoms with E-state index in [-0.39, 0.29) is 27.4 Å². The van der Waals surface area contributed by atoms with E-state index in [0.717, 1.165) is 12.8 Å². The van der Waals surface area contributed by atoms with Crippen molar-refractivity contribution >= 4 is 27.6 Å². The summed E-state index contributed by atoms with van der Waals surface area (Å²) in [5, 5.41) is 8.88. The fourth-order valence-corrected chi connectivity index (χ4v) is 4.33. The van der Waals surface area contributed by atoms with Crippen LogP contribution in [0.4, 0.5) is 0 Å². The first kappa shape index (κ1) is 16.3. The molecule has 0 heterocycles. The molecular formula is C14H18ClNO4S. The second-order valence-corrected chi connectivity index (χ2v) is 7.94. The van der Waals surface area contributed by atoms with Crippen molar-refractivity contribution in [2.75, 3.05) is 6.54 Å². The third-order valence-corrected chi connectivity index (χ3v) is 5.50. The average Bonchev–Trinajstić information content (AvgIpc) is 3.19. The van der Waals surface area contributed by atoms with Crippen LogP contribution in [-0.4, -0.2) is 36.4 Å². The molecule has 0 spiro atoms. The molecule has 2 rings (SSSR count). The van der Waals surface area contributed by atoms with Gasteiger partial charge in [0.2, 0.25) is 10.0 Å². The summed E-state index contributed by atoms with van der Waals surface area (Å²) in [7, 11) is -3.64. The standard InChI is InChI=1S/C14H18ClNO4S/c1-9(2)8-16(10-3-4-10)21(19,20)11-5-6-12(14(17)18)13(15)7-11/h5-7,9-10H,3-4,8H2,1-2H3,(H,17,18). The maximum absolute atomic E-state index is 12.7. The lowest BCUT2D eigenvalue weighted by Crippen LogP contribution is -2.36. The second-order valence-electron chi connectivity index (χ2n) is 5.65. The maximum atomic E-state index is 12.7. The fourth-order valence-electron chi connectivity index (χ4n) is 2.13. The van der Waals surface area contributed by atoms with Gasteiger partial charge in [0.05, 0.1) is 15.5 Å². The van der Waals surface area contributed by atoms with E-state index in [1.807, 2.05) is 13.8 Å². The Morgan fingerprint density at radius 2 is 2.05 bits per heavy atom. The van der Waals surface area contributed by atoms with Crippen LogP contribution in [0.25, 0.3) is 0 Å². The van der Waals surface area contributed by atoms with Gasteiger partial charge in [0.15, 0.2) is 0 Å². The van der Waals surface area contributed by atoms with Crippen molar-refractivity contribution in [3.63, 3.8) is 0 Å². The normalized spacial score (nSPS) is 15.7. The van der Waals surface area contributed by atoms with Crippen LogP contribution in [0.2, 0.25) is 5.02 Å². The number of hydrogen-bond acceptors (Lipinski definition) is 3. The van der Waals surface area contributed by atoms with E-state index in [1.165, 1.54) is 22.5 Å². The minimum absolute atomic E-state index is 0.0463. The first-order chi connectivity index (χ1) is 9.73. The van der Waals surface area contributed by atoms with Crippen molar-refractivity contribution in [1.82, 2.24) is 4.31 Å². The summed E-state index contributed by atoms with van der Waals surface area (Å²) in [5.74, 6) is -0.959. The van der Waals surface area contributed by atoms with Crippen LogP contribution in [0.5, 0.6) is 0 Å². The molecule has 7 heteroatoms. The zero-order valence-corrected chi connectivity index (χ0v) is 13.5. The van der Waals surface area contributed by atoms with Gasteiger partial charge in [-0.1, -0.05) is 25.4 Å². The predicted octanol–water partition coefficient (Wildman–Crippen LogP) is 2.85. The van der Waals surface area contributed by atoms with Gasteiger partial charge in [-0.15, -0.1) is 0 Å². The number of aromatic carboxylic acids is 1. The van der Waals surface area contributed by atoms with Gasteiger partial charge in [-0.2, -0.15) is 4.31 Å². The molecule has 1 aliphatic carbocycles. The van der Waals surface area contributed by atoms with Gasteiger partial charge in [0.25, 0.3) is 0 Å². The lowest BCUT2D eigenvalue weighted by Gasteiger charge is -2.24. The van der Waals surface area contributed by atoms with E-state index in [2.05, 4.69) is 0 Å². The molecule has 0 aromatic heterocycles. The van der Waals surface area contributed by atoms with E-state index < -0.39 is 16.0 Å². The van der Waals surface area contributed by atoms with Gasteiger partial charge in [-0.05, 0) is 37.0 Å². The Balaban J connectivity index is 2.38. The third kappa shape index (κ3) is 3.56. The van der Waals surface area contributed by atoms with Gasteiger partial charge in [0.1, 0.15) is 0 Å². The molecule has 21 heavy (non-hydrogen) atoms. The number of sulfonamides is 1. The Hall–Kier alpha value is -1.11. The second kappa shape index (κ2) is 5.94. The molecule has 0 bridgehead atoms. The molecule has 1 aromatic carbocycles. The van der Waals surface area contributed by atoms with Gasteiger partial charge in [-0.25, -0.2) is 13.2 Å². The third-order valence-electron chi connectivity index (χ3n) is 3.28. The zero-order chi connectivity index (χ0) is 15.8. The number of hydrogen-bond donors (Lipinski definition) is 1. The molecule has 1 fully saturated rings. The van der Waals surface area contributed by atoms with Crippen molar-refractivity contribution < 1.29 is 18.3 Å². The monoisotopic (exact) mass is 331 g/mol. The molecule has 0 radical (unpaired) electrons. The van der Waals surface area contributed by atoms with E-state index in [0.29, 0.717) is 6.54 Å². The quantitative estimate of drug-likeness (QED) is 0.869. The number of benzene rings is 1. The number of nitrogens with zero attached hydrogens (tertiary/aromatic N) is 1. The van der Waals surface area contributed by atoms with Crippen LogP contribution in [0.3, 0.4) is 0 Å². The molecule has 0 saturated heterocycles. The van der Waals surface area contributed by atoms with Crippen molar-refractivity contribution in [2.24, 2.45) is 5.92 Å². The summed E-state index contributed by atoms with van der Waals surface area (Å²) >= 11 is 5.87. The molecule has 0 atom stereocenters. The molecule has 1 aromatic rings. The summed E-state index contributed by atoms with van der Waals surface area (Å²) in [5.41, 5.74) is -0.0996. The minimum atomic E-state index is -3.64. The smallest absolute Gasteiger partial charge is 0.337 e. The molecule has 1 aliphatic rings. The van der Waals surface area contributed by atoms with Gasteiger partial charge in [-0.3, -0.25) is 0 Å². The van der Waals surface area contributed by atoms with Crippen LogP contribution in [0, 0.1) is 5.92 Å². The summed E-state index contributed by atoms with van der Waals surface area (Å²) in [4.78, 5) is 11.0. The summed E-state index contributed by atoms with van der Waals surface area (Å²) in [6.07, 6.45) is 1.74. The Kier molecular flexibility index (Phi) is 4.60. The fraction of sp³-hybridized carbons (Fsp3) is 0.500. The highest BCUT2D eigenvalue weighted by molar-refractivity contribution is 7.89.